The molecule has 8 nitrogen and oxygen atoms in total. The molecule has 0 radical (unpaired) electrons. The van der Waals surface area contributed by atoms with E-state index in [-0.39, 0.29) is 5.56 Å². The SMILES string of the molecule is CCn1c(=O)c2cnc(Nc3ccc4c(c3)CCNC4)nc2n1-c1ccc(C#N)c(C)c1. The second-order valence-electron chi connectivity index (χ2n) is 7.91. The molecule has 1 aliphatic heterocycles. The third-order valence-electron chi connectivity index (χ3n) is 5.90. The van der Waals surface area contributed by atoms with Crippen LogP contribution in [0.3, 0.4) is 0 Å². The molecule has 0 spiro atoms. The molecule has 1 aliphatic rings. The van der Waals surface area contributed by atoms with Gasteiger partial charge < -0.3 is 10.6 Å². The van der Waals surface area contributed by atoms with Crippen LogP contribution in [-0.2, 0) is 19.5 Å². The van der Waals surface area contributed by atoms with Crippen LogP contribution in [0.2, 0.25) is 0 Å². The molecule has 160 valence electrons. The lowest BCUT2D eigenvalue weighted by Gasteiger charge is -2.18. The smallest absolute Gasteiger partial charge is 0.278 e. The quantitative estimate of drug-likeness (QED) is 0.521. The molecular formula is C24H23N7O. The maximum atomic E-state index is 13.0. The van der Waals surface area contributed by atoms with Crippen molar-refractivity contribution in [3.8, 4) is 11.8 Å². The number of rotatable bonds is 4. The zero-order valence-corrected chi connectivity index (χ0v) is 18.0. The molecule has 0 bridgehead atoms. The number of hydrogen-bond acceptors (Lipinski definition) is 6. The molecule has 0 fully saturated rings. The van der Waals surface area contributed by atoms with Crippen LogP contribution in [-0.4, -0.2) is 25.9 Å². The summed E-state index contributed by atoms with van der Waals surface area (Å²) < 4.78 is 3.44. The van der Waals surface area contributed by atoms with Crippen molar-refractivity contribution in [1.29, 1.82) is 5.26 Å². The first kappa shape index (κ1) is 20.0. The van der Waals surface area contributed by atoms with Crippen molar-refractivity contribution >= 4 is 22.7 Å². The minimum absolute atomic E-state index is 0.141. The topological polar surface area (TPSA) is 101 Å². The summed E-state index contributed by atoms with van der Waals surface area (Å²) in [5.74, 6) is 0.429. The second kappa shape index (κ2) is 7.94. The number of fused-ring (bicyclic) bond motifs is 2. The van der Waals surface area contributed by atoms with E-state index in [4.69, 9.17) is 4.98 Å². The average Bonchev–Trinajstić information content (AvgIpc) is 3.09. The van der Waals surface area contributed by atoms with Gasteiger partial charge in [0.1, 0.15) is 5.39 Å². The van der Waals surface area contributed by atoms with E-state index in [1.165, 1.54) is 11.1 Å². The first-order valence-electron chi connectivity index (χ1n) is 10.7. The van der Waals surface area contributed by atoms with Gasteiger partial charge in [0.25, 0.3) is 5.56 Å². The maximum Gasteiger partial charge on any atom is 0.278 e. The zero-order chi connectivity index (χ0) is 22.2. The van der Waals surface area contributed by atoms with Gasteiger partial charge >= 0.3 is 0 Å². The van der Waals surface area contributed by atoms with E-state index < -0.39 is 0 Å². The first-order chi connectivity index (χ1) is 15.6. The highest BCUT2D eigenvalue weighted by Gasteiger charge is 2.17. The van der Waals surface area contributed by atoms with Crippen LogP contribution < -0.4 is 16.2 Å². The number of aryl methyl sites for hydroxylation is 1. The lowest BCUT2D eigenvalue weighted by molar-refractivity contribution is 0.575. The van der Waals surface area contributed by atoms with Crippen LogP contribution >= 0.6 is 0 Å². The van der Waals surface area contributed by atoms with Crippen molar-refractivity contribution in [3.63, 3.8) is 0 Å². The Hall–Kier alpha value is -3.96. The highest BCUT2D eigenvalue weighted by molar-refractivity contribution is 5.77. The largest absolute Gasteiger partial charge is 0.324 e. The Balaban J connectivity index is 1.60. The standard InChI is InChI=1S/C24H23N7O/c1-3-30-23(32)21-14-27-24(28-19-6-4-18-13-26-9-8-16(18)11-19)29-22(21)31(30)20-7-5-17(12-25)15(2)10-20/h4-7,10-11,14,26H,3,8-9,13H2,1-2H3,(H,27,28,29). The fourth-order valence-corrected chi connectivity index (χ4v) is 4.23. The molecule has 2 aromatic carbocycles. The van der Waals surface area contributed by atoms with E-state index in [0.717, 1.165) is 36.4 Å². The molecule has 2 aromatic heterocycles. The molecule has 5 rings (SSSR count). The van der Waals surface area contributed by atoms with E-state index in [0.29, 0.717) is 29.1 Å². The van der Waals surface area contributed by atoms with Gasteiger partial charge in [0.15, 0.2) is 5.65 Å². The summed E-state index contributed by atoms with van der Waals surface area (Å²) in [5.41, 5.74) is 6.16. The number of nitriles is 1. The maximum absolute atomic E-state index is 13.0. The third kappa shape index (κ3) is 3.33. The van der Waals surface area contributed by atoms with Crippen molar-refractivity contribution in [1.82, 2.24) is 24.6 Å². The van der Waals surface area contributed by atoms with Gasteiger partial charge in [-0.2, -0.15) is 10.2 Å². The van der Waals surface area contributed by atoms with Crippen molar-refractivity contribution in [3.05, 3.63) is 75.2 Å². The molecule has 8 heteroatoms. The normalized spacial score (nSPS) is 13.0. The minimum atomic E-state index is -0.141. The molecule has 2 N–H and O–H groups in total. The predicted octanol–water partition coefficient (Wildman–Crippen LogP) is 3.17. The lowest BCUT2D eigenvalue weighted by Crippen LogP contribution is -2.23. The van der Waals surface area contributed by atoms with Crippen LogP contribution in [0.5, 0.6) is 0 Å². The van der Waals surface area contributed by atoms with Gasteiger partial charge in [0.2, 0.25) is 5.95 Å². The Labute approximate surface area is 185 Å². The fourth-order valence-electron chi connectivity index (χ4n) is 4.23. The molecule has 0 saturated heterocycles. The summed E-state index contributed by atoms with van der Waals surface area (Å²) in [6, 6.07) is 14.0. The second-order valence-corrected chi connectivity index (χ2v) is 7.91. The van der Waals surface area contributed by atoms with Gasteiger partial charge in [0, 0.05) is 25.0 Å². The van der Waals surface area contributed by atoms with Gasteiger partial charge in [-0.25, -0.2) is 14.3 Å². The predicted molar refractivity (Wildman–Crippen MR) is 123 cm³/mol. The Kier molecular flexibility index (Phi) is 4.96. The fraction of sp³-hybridized carbons (Fsp3) is 0.250. The Morgan fingerprint density at radius 2 is 2.09 bits per heavy atom. The molecule has 0 unspecified atom stereocenters. The van der Waals surface area contributed by atoms with Crippen molar-refractivity contribution in [2.24, 2.45) is 0 Å². The number of aromatic nitrogens is 4. The summed E-state index contributed by atoms with van der Waals surface area (Å²) >= 11 is 0. The van der Waals surface area contributed by atoms with Crippen LogP contribution in [0.1, 0.15) is 29.2 Å². The van der Waals surface area contributed by atoms with Crippen molar-refractivity contribution in [2.45, 2.75) is 33.4 Å². The van der Waals surface area contributed by atoms with Crippen molar-refractivity contribution < 1.29 is 0 Å². The molecule has 4 aromatic rings. The van der Waals surface area contributed by atoms with Gasteiger partial charge in [0.05, 0.1) is 17.3 Å². The Morgan fingerprint density at radius 3 is 2.88 bits per heavy atom. The van der Waals surface area contributed by atoms with Crippen LogP contribution in [0, 0.1) is 18.3 Å². The highest BCUT2D eigenvalue weighted by atomic mass is 16.1. The molecule has 0 saturated carbocycles. The van der Waals surface area contributed by atoms with E-state index in [9.17, 15) is 10.1 Å². The Morgan fingerprint density at radius 1 is 1.22 bits per heavy atom. The number of hydrogen-bond donors (Lipinski definition) is 2. The molecule has 0 amide bonds. The zero-order valence-electron chi connectivity index (χ0n) is 18.0. The number of nitrogens with one attached hydrogen (secondary N) is 2. The monoisotopic (exact) mass is 425 g/mol. The van der Waals surface area contributed by atoms with Crippen LogP contribution in [0.4, 0.5) is 11.6 Å². The van der Waals surface area contributed by atoms with Gasteiger partial charge in [-0.3, -0.25) is 4.79 Å². The molecule has 32 heavy (non-hydrogen) atoms. The Bertz CT molecular complexity index is 1440. The summed E-state index contributed by atoms with van der Waals surface area (Å²) in [4.78, 5) is 22.1. The number of nitrogens with zero attached hydrogens (tertiary/aromatic N) is 5. The molecule has 3 heterocycles. The van der Waals surface area contributed by atoms with Crippen molar-refractivity contribution in [2.75, 3.05) is 11.9 Å². The van der Waals surface area contributed by atoms with Gasteiger partial charge in [-0.1, -0.05) is 6.07 Å². The summed E-state index contributed by atoms with van der Waals surface area (Å²) in [6.45, 7) is 6.14. The number of benzene rings is 2. The van der Waals surface area contributed by atoms with E-state index >= 15 is 0 Å². The third-order valence-corrected chi connectivity index (χ3v) is 5.90. The number of anilines is 2. The molecule has 0 aliphatic carbocycles. The summed E-state index contributed by atoms with van der Waals surface area (Å²) in [5, 5.41) is 16.4. The van der Waals surface area contributed by atoms with Gasteiger partial charge in [-0.05, 0) is 73.8 Å². The molecular weight excluding hydrogens is 402 g/mol. The minimum Gasteiger partial charge on any atom is -0.324 e. The van der Waals surface area contributed by atoms with E-state index in [1.807, 2.05) is 32.0 Å². The van der Waals surface area contributed by atoms with E-state index in [1.54, 1.807) is 21.6 Å². The van der Waals surface area contributed by atoms with Crippen LogP contribution in [0.25, 0.3) is 16.7 Å². The summed E-state index contributed by atoms with van der Waals surface area (Å²) in [6.07, 6.45) is 2.57. The van der Waals surface area contributed by atoms with E-state index in [2.05, 4.69) is 33.8 Å². The molecule has 0 atom stereocenters. The average molecular weight is 425 g/mol. The van der Waals surface area contributed by atoms with Gasteiger partial charge in [-0.15, -0.1) is 0 Å². The first-order valence-corrected chi connectivity index (χ1v) is 10.7. The van der Waals surface area contributed by atoms with Crippen LogP contribution in [0.15, 0.2) is 47.4 Å². The summed E-state index contributed by atoms with van der Waals surface area (Å²) in [7, 11) is 0. The lowest BCUT2D eigenvalue weighted by atomic mass is 10.0. The highest BCUT2D eigenvalue weighted by Crippen LogP contribution is 2.23.